The lowest BCUT2D eigenvalue weighted by molar-refractivity contribution is -0.147. The number of carbonyl (C=O) groups is 1. The van der Waals surface area contributed by atoms with Gasteiger partial charge >= 0.3 is 12.1 Å². The summed E-state index contributed by atoms with van der Waals surface area (Å²) in [5.41, 5.74) is 1.68. The Balaban J connectivity index is 1.43. The van der Waals surface area contributed by atoms with Gasteiger partial charge in [0.15, 0.2) is 11.5 Å². The van der Waals surface area contributed by atoms with Gasteiger partial charge in [-0.1, -0.05) is 12.1 Å². The summed E-state index contributed by atoms with van der Waals surface area (Å²) in [7, 11) is 1.32. The van der Waals surface area contributed by atoms with Crippen LogP contribution in [0, 0.1) is 18.7 Å². The van der Waals surface area contributed by atoms with Crippen molar-refractivity contribution in [3.63, 3.8) is 0 Å². The molecule has 0 radical (unpaired) electrons. The Morgan fingerprint density at radius 2 is 1.97 bits per heavy atom. The third kappa shape index (κ3) is 4.12. The van der Waals surface area contributed by atoms with Crippen molar-refractivity contribution in [2.75, 3.05) is 7.11 Å². The number of oxazole rings is 1. The van der Waals surface area contributed by atoms with Crippen molar-refractivity contribution in [1.82, 2.24) is 25.2 Å². The molecule has 0 amide bonds. The highest BCUT2D eigenvalue weighted by Gasteiger charge is 2.56. The standard InChI is InChI=1S/C26H21F4N5O4/c1-13-31-20-10-17(35-24(26(28,29)30)32-33-34-35)9-19(22(20)39-13)15-11-25(38-12-15)8-7-18(23(36)37-2)21(25)14-3-5-16(27)6-4-14/h3-6,9-10,12,18,21H,7-8,11H2,1-2H3/t18-,21+,25+/m0/s1. The number of fused-ring (bicyclic) bond motifs is 1. The molecule has 2 aromatic heterocycles. The average Bonchev–Trinajstić information content (AvgIpc) is 3.69. The lowest BCUT2D eigenvalue weighted by atomic mass is 9.77. The van der Waals surface area contributed by atoms with Crippen LogP contribution in [-0.4, -0.2) is 43.9 Å². The maximum absolute atomic E-state index is 13.7. The first-order chi connectivity index (χ1) is 18.6. The number of tetrazole rings is 1. The lowest BCUT2D eigenvalue weighted by Crippen LogP contribution is -2.35. The molecule has 4 aromatic rings. The Labute approximate surface area is 218 Å². The first kappa shape index (κ1) is 25.0. The fourth-order valence-electron chi connectivity index (χ4n) is 5.81. The van der Waals surface area contributed by atoms with Crippen molar-refractivity contribution in [2.45, 2.75) is 43.9 Å². The molecule has 202 valence electrons. The summed E-state index contributed by atoms with van der Waals surface area (Å²) in [5.74, 6) is -2.75. The zero-order valence-corrected chi connectivity index (χ0v) is 20.7. The van der Waals surface area contributed by atoms with Crippen LogP contribution in [0.1, 0.15) is 48.0 Å². The molecule has 39 heavy (non-hydrogen) atoms. The van der Waals surface area contributed by atoms with Crippen LogP contribution in [-0.2, 0) is 20.4 Å². The number of nitrogens with zero attached hydrogens (tertiary/aromatic N) is 5. The maximum atomic E-state index is 13.7. The predicted molar refractivity (Wildman–Crippen MR) is 127 cm³/mol. The van der Waals surface area contributed by atoms with Crippen LogP contribution in [0.2, 0.25) is 0 Å². The Kier molecular flexibility index (Phi) is 5.70. The number of benzene rings is 2. The minimum absolute atomic E-state index is 0.0407. The average molecular weight is 543 g/mol. The Bertz CT molecular complexity index is 1610. The number of carbonyl (C=O) groups excluding carboxylic acids is 1. The van der Waals surface area contributed by atoms with E-state index in [-0.39, 0.29) is 5.69 Å². The van der Waals surface area contributed by atoms with E-state index in [0.717, 1.165) is 5.56 Å². The van der Waals surface area contributed by atoms with Crippen LogP contribution >= 0.6 is 0 Å². The number of halogens is 4. The van der Waals surface area contributed by atoms with E-state index in [4.69, 9.17) is 13.9 Å². The Morgan fingerprint density at radius 3 is 2.69 bits per heavy atom. The summed E-state index contributed by atoms with van der Waals surface area (Å²) in [6.07, 6.45) is -1.96. The van der Waals surface area contributed by atoms with Crippen LogP contribution in [0.25, 0.3) is 22.4 Å². The van der Waals surface area contributed by atoms with E-state index < -0.39 is 41.2 Å². The largest absolute Gasteiger partial charge is 0.494 e. The predicted octanol–water partition coefficient (Wildman–Crippen LogP) is 5.14. The maximum Gasteiger partial charge on any atom is 0.453 e. The van der Waals surface area contributed by atoms with Gasteiger partial charge in [0.25, 0.3) is 5.82 Å². The summed E-state index contributed by atoms with van der Waals surface area (Å²) in [4.78, 5) is 17.0. The molecule has 1 spiro atoms. The Hall–Kier alpha value is -4.29. The van der Waals surface area contributed by atoms with Gasteiger partial charge in [-0.2, -0.15) is 17.9 Å². The molecule has 1 aliphatic heterocycles. The van der Waals surface area contributed by atoms with Crippen molar-refractivity contribution in [1.29, 1.82) is 0 Å². The van der Waals surface area contributed by atoms with Gasteiger partial charge in [0.05, 0.1) is 25.0 Å². The second-order valence-corrected chi connectivity index (χ2v) is 9.69. The molecule has 0 saturated heterocycles. The van der Waals surface area contributed by atoms with Crippen molar-refractivity contribution < 1.29 is 36.2 Å². The second kappa shape index (κ2) is 8.89. The fraction of sp³-hybridized carbons (Fsp3) is 0.346. The molecular formula is C26H21F4N5O4. The van der Waals surface area contributed by atoms with E-state index >= 15 is 0 Å². The number of hydrogen-bond acceptors (Lipinski definition) is 8. The zero-order chi connectivity index (χ0) is 27.5. The lowest BCUT2D eigenvalue weighted by Gasteiger charge is -2.33. The molecule has 9 nitrogen and oxygen atoms in total. The molecule has 0 bridgehead atoms. The number of methoxy groups -OCH3 is 1. The third-order valence-electron chi connectivity index (χ3n) is 7.40. The molecule has 1 aliphatic carbocycles. The van der Waals surface area contributed by atoms with Crippen LogP contribution in [0.4, 0.5) is 17.6 Å². The van der Waals surface area contributed by atoms with Crippen molar-refractivity contribution in [2.24, 2.45) is 5.92 Å². The molecule has 1 fully saturated rings. The minimum atomic E-state index is -4.78. The third-order valence-corrected chi connectivity index (χ3v) is 7.40. The molecule has 3 heterocycles. The van der Waals surface area contributed by atoms with Crippen molar-refractivity contribution >= 4 is 22.6 Å². The van der Waals surface area contributed by atoms with Crippen LogP contribution in [0.3, 0.4) is 0 Å². The number of hydrogen-bond donors (Lipinski definition) is 0. The van der Waals surface area contributed by atoms with Gasteiger partial charge in [-0.3, -0.25) is 4.79 Å². The number of aryl methyl sites for hydroxylation is 1. The Morgan fingerprint density at radius 1 is 1.21 bits per heavy atom. The molecule has 13 heteroatoms. The fourth-order valence-corrected chi connectivity index (χ4v) is 5.81. The first-order valence-electron chi connectivity index (χ1n) is 12.1. The van der Waals surface area contributed by atoms with E-state index in [2.05, 4.69) is 20.5 Å². The number of esters is 1. The highest BCUT2D eigenvalue weighted by atomic mass is 19.4. The topological polar surface area (TPSA) is 105 Å². The summed E-state index contributed by atoms with van der Waals surface area (Å²) in [6.45, 7) is 1.63. The molecular weight excluding hydrogens is 522 g/mol. The smallest absolute Gasteiger partial charge is 0.453 e. The van der Waals surface area contributed by atoms with E-state index in [9.17, 15) is 22.4 Å². The van der Waals surface area contributed by atoms with Crippen LogP contribution < -0.4 is 0 Å². The normalized spacial score (nSPS) is 22.9. The van der Waals surface area contributed by atoms with E-state index in [1.807, 2.05) is 0 Å². The van der Waals surface area contributed by atoms with Crippen LogP contribution in [0.5, 0.6) is 0 Å². The summed E-state index contributed by atoms with van der Waals surface area (Å²) in [6, 6.07) is 8.81. The SMILES string of the molecule is COC(=O)[C@H]1CC[C@@]2(CC(c3cc(-n4nnnc4C(F)(F)F)cc4nc(C)oc34)=CO2)[C@@H]1c1ccc(F)cc1. The van der Waals surface area contributed by atoms with Gasteiger partial charge in [-0.25, -0.2) is 9.37 Å². The van der Waals surface area contributed by atoms with E-state index in [1.54, 1.807) is 19.1 Å². The summed E-state index contributed by atoms with van der Waals surface area (Å²) >= 11 is 0. The molecule has 1 saturated carbocycles. The number of ether oxygens (including phenoxy) is 2. The number of rotatable bonds is 4. The highest BCUT2D eigenvalue weighted by molar-refractivity contribution is 5.90. The quantitative estimate of drug-likeness (QED) is 0.258. The van der Waals surface area contributed by atoms with Crippen molar-refractivity contribution in [3.05, 3.63) is 71.3 Å². The number of aromatic nitrogens is 5. The highest BCUT2D eigenvalue weighted by Crippen LogP contribution is 2.56. The molecule has 0 unspecified atom stereocenters. The summed E-state index contributed by atoms with van der Waals surface area (Å²) in [5, 5.41) is 9.89. The molecule has 2 aliphatic rings. The minimum Gasteiger partial charge on any atom is -0.494 e. The van der Waals surface area contributed by atoms with E-state index in [0.29, 0.717) is 52.1 Å². The van der Waals surface area contributed by atoms with Gasteiger partial charge in [0, 0.05) is 30.4 Å². The molecule has 2 aromatic carbocycles. The van der Waals surface area contributed by atoms with Gasteiger partial charge in [0.2, 0.25) is 0 Å². The zero-order valence-electron chi connectivity index (χ0n) is 20.7. The first-order valence-corrected chi connectivity index (χ1v) is 12.1. The van der Waals surface area contributed by atoms with Gasteiger partial charge < -0.3 is 13.9 Å². The van der Waals surface area contributed by atoms with Crippen LogP contribution in [0.15, 0.2) is 47.1 Å². The molecule has 6 rings (SSSR count). The molecule has 3 atom stereocenters. The van der Waals surface area contributed by atoms with Gasteiger partial charge in [-0.05, 0) is 53.1 Å². The van der Waals surface area contributed by atoms with Gasteiger partial charge in [-0.15, -0.1) is 5.10 Å². The monoisotopic (exact) mass is 543 g/mol. The van der Waals surface area contributed by atoms with Crippen molar-refractivity contribution in [3.8, 4) is 5.69 Å². The summed E-state index contributed by atoms with van der Waals surface area (Å²) < 4.78 is 72.2. The number of alkyl halides is 3. The second-order valence-electron chi connectivity index (χ2n) is 9.69. The van der Waals surface area contributed by atoms with E-state index in [1.165, 1.54) is 37.6 Å². The van der Waals surface area contributed by atoms with Gasteiger partial charge in [0.1, 0.15) is 16.9 Å². The molecule has 0 N–H and O–H groups in total.